The van der Waals surface area contributed by atoms with Crippen LogP contribution >= 0.6 is 27.5 Å². The van der Waals surface area contributed by atoms with Gasteiger partial charge in [-0.1, -0.05) is 27.5 Å². The highest BCUT2D eigenvalue weighted by molar-refractivity contribution is 9.10. The molecule has 4 aromatic rings. The van der Waals surface area contributed by atoms with Crippen molar-refractivity contribution in [2.75, 3.05) is 10.6 Å². The minimum absolute atomic E-state index is 0.109. The highest BCUT2D eigenvalue weighted by atomic mass is 79.9. The average molecular weight is 500 g/mol. The van der Waals surface area contributed by atoms with Crippen molar-refractivity contribution >= 4 is 67.8 Å². The average Bonchev–Trinajstić information content (AvgIpc) is 3.06. The van der Waals surface area contributed by atoms with E-state index in [0.717, 1.165) is 9.99 Å². The number of hydrogen-bond acceptors (Lipinski definition) is 4. The molecule has 0 bridgehead atoms. The van der Waals surface area contributed by atoms with E-state index in [2.05, 4.69) is 31.5 Å². The first-order valence-electron chi connectivity index (χ1n) is 9.15. The zero-order chi connectivity index (χ0) is 22.1. The Morgan fingerprint density at radius 1 is 1.03 bits per heavy atom. The molecule has 0 aliphatic rings. The predicted molar refractivity (Wildman–Crippen MR) is 125 cm³/mol. The minimum Gasteiger partial charge on any atom is -0.478 e. The lowest BCUT2D eigenvalue weighted by Gasteiger charge is -2.09. The van der Waals surface area contributed by atoms with Crippen molar-refractivity contribution < 1.29 is 14.7 Å². The summed E-state index contributed by atoms with van der Waals surface area (Å²) in [5.41, 5.74) is 3.09. The maximum absolute atomic E-state index is 12.6. The van der Waals surface area contributed by atoms with Crippen molar-refractivity contribution in [1.29, 1.82) is 0 Å². The summed E-state index contributed by atoms with van der Waals surface area (Å²) in [6, 6.07) is 16.9. The van der Waals surface area contributed by atoms with Crippen LogP contribution in [0.1, 0.15) is 20.7 Å². The maximum atomic E-state index is 12.6. The van der Waals surface area contributed by atoms with Crippen molar-refractivity contribution in [3.05, 3.63) is 81.3 Å². The molecular weight excluding hydrogens is 484 g/mol. The summed E-state index contributed by atoms with van der Waals surface area (Å²) in [5.74, 6) is -0.836. The molecule has 0 atom stereocenters. The molecule has 156 valence electrons. The van der Waals surface area contributed by atoms with Crippen LogP contribution in [-0.4, -0.2) is 26.5 Å². The molecular formula is C22H16BrClN4O3. The summed E-state index contributed by atoms with van der Waals surface area (Å²) >= 11 is 9.57. The molecule has 0 spiro atoms. The highest BCUT2D eigenvalue weighted by Crippen LogP contribution is 2.28. The molecule has 1 aromatic heterocycles. The Balaban J connectivity index is 1.62. The van der Waals surface area contributed by atoms with Gasteiger partial charge in [0.05, 0.1) is 27.3 Å². The lowest BCUT2D eigenvalue weighted by atomic mass is 10.2. The van der Waals surface area contributed by atoms with Crippen LogP contribution in [0.3, 0.4) is 0 Å². The fourth-order valence-corrected chi connectivity index (χ4v) is 3.49. The van der Waals surface area contributed by atoms with Gasteiger partial charge in [-0.15, -0.1) is 0 Å². The lowest BCUT2D eigenvalue weighted by molar-refractivity contribution is 0.0696. The second-order valence-electron chi connectivity index (χ2n) is 6.78. The summed E-state index contributed by atoms with van der Waals surface area (Å²) in [4.78, 5) is 28.4. The Hall–Kier alpha value is -3.36. The molecule has 3 N–H and O–H groups in total. The molecule has 0 radical (unpaired) electrons. The smallest absolute Gasteiger partial charge is 0.335 e. The molecule has 31 heavy (non-hydrogen) atoms. The summed E-state index contributed by atoms with van der Waals surface area (Å²) in [6.45, 7) is 0. The van der Waals surface area contributed by atoms with E-state index in [1.807, 2.05) is 19.2 Å². The first-order chi connectivity index (χ1) is 14.8. The number of aromatic nitrogens is 2. The number of carbonyl (C=O) groups is 2. The fourth-order valence-electron chi connectivity index (χ4n) is 3.06. The van der Waals surface area contributed by atoms with Gasteiger partial charge in [-0.2, -0.15) is 0 Å². The number of aryl methyl sites for hydroxylation is 1. The molecule has 0 fully saturated rings. The van der Waals surface area contributed by atoms with E-state index in [0.29, 0.717) is 33.4 Å². The van der Waals surface area contributed by atoms with Gasteiger partial charge in [-0.05, 0) is 60.7 Å². The third-order valence-corrected chi connectivity index (χ3v) is 5.56. The van der Waals surface area contributed by atoms with Crippen molar-refractivity contribution in [3.63, 3.8) is 0 Å². The molecule has 1 amide bonds. The second kappa shape index (κ2) is 8.41. The number of rotatable bonds is 5. The van der Waals surface area contributed by atoms with E-state index >= 15 is 0 Å². The Morgan fingerprint density at radius 2 is 1.74 bits per heavy atom. The van der Waals surface area contributed by atoms with E-state index in [4.69, 9.17) is 11.6 Å². The Bertz CT molecular complexity index is 1320. The molecule has 7 nitrogen and oxygen atoms in total. The molecule has 1 heterocycles. The SMILES string of the molecule is Cn1c(Nc2cc(C(=O)O)ccc2Cl)nc2cc(C(=O)Nc3ccc(Br)cc3)ccc21. The fraction of sp³-hybridized carbons (Fsp3) is 0.0455. The van der Waals surface area contributed by atoms with Crippen LogP contribution in [0.15, 0.2) is 65.1 Å². The molecule has 0 saturated heterocycles. The number of carboxylic acid groups (broad SMARTS) is 1. The number of aromatic carboxylic acids is 1. The largest absolute Gasteiger partial charge is 0.478 e. The summed E-state index contributed by atoms with van der Waals surface area (Å²) in [6.07, 6.45) is 0. The van der Waals surface area contributed by atoms with Gasteiger partial charge >= 0.3 is 5.97 Å². The number of carboxylic acids is 1. The molecule has 0 aliphatic heterocycles. The van der Waals surface area contributed by atoms with Gasteiger partial charge in [-0.3, -0.25) is 4.79 Å². The predicted octanol–water partition coefficient (Wildman–Crippen LogP) is 5.68. The van der Waals surface area contributed by atoms with Crippen LogP contribution in [0.2, 0.25) is 5.02 Å². The van der Waals surface area contributed by atoms with Gasteiger partial charge in [0.25, 0.3) is 5.91 Å². The first kappa shape index (κ1) is 20.9. The van der Waals surface area contributed by atoms with Crippen molar-refractivity contribution in [3.8, 4) is 0 Å². The van der Waals surface area contributed by atoms with Crippen LogP contribution in [0, 0.1) is 0 Å². The minimum atomic E-state index is -1.05. The van der Waals surface area contributed by atoms with Gasteiger partial charge in [0.2, 0.25) is 5.95 Å². The maximum Gasteiger partial charge on any atom is 0.335 e. The Labute approximate surface area is 190 Å². The second-order valence-corrected chi connectivity index (χ2v) is 8.11. The molecule has 0 aliphatic carbocycles. The third kappa shape index (κ3) is 4.40. The molecule has 0 saturated carbocycles. The topological polar surface area (TPSA) is 96.2 Å². The van der Waals surface area contributed by atoms with Crippen LogP contribution in [0.25, 0.3) is 11.0 Å². The first-order valence-corrected chi connectivity index (χ1v) is 10.3. The van der Waals surface area contributed by atoms with E-state index in [9.17, 15) is 14.7 Å². The van der Waals surface area contributed by atoms with Gasteiger partial charge in [0.15, 0.2) is 0 Å². The van der Waals surface area contributed by atoms with Crippen LogP contribution in [0.5, 0.6) is 0 Å². The number of amides is 1. The van der Waals surface area contributed by atoms with E-state index < -0.39 is 5.97 Å². The van der Waals surface area contributed by atoms with E-state index in [-0.39, 0.29) is 11.5 Å². The van der Waals surface area contributed by atoms with E-state index in [1.54, 1.807) is 34.9 Å². The zero-order valence-corrected chi connectivity index (χ0v) is 18.5. The van der Waals surface area contributed by atoms with Gasteiger partial charge < -0.3 is 20.3 Å². The van der Waals surface area contributed by atoms with Gasteiger partial charge in [0.1, 0.15) is 0 Å². The van der Waals surface area contributed by atoms with Crippen LogP contribution in [-0.2, 0) is 7.05 Å². The summed E-state index contributed by atoms with van der Waals surface area (Å²) in [7, 11) is 1.81. The monoisotopic (exact) mass is 498 g/mol. The number of nitrogens with one attached hydrogen (secondary N) is 2. The highest BCUT2D eigenvalue weighted by Gasteiger charge is 2.14. The van der Waals surface area contributed by atoms with Gasteiger partial charge in [0, 0.05) is 22.8 Å². The Morgan fingerprint density at radius 3 is 2.45 bits per heavy atom. The van der Waals surface area contributed by atoms with E-state index in [1.165, 1.54) is 18.2 Å². The summed E-state index contributed by atoms with van der Waals surface area (Å²) in [5, 5.41) is 15.5. The number of anilines is 3. The Kier molecular flexibility index (Phi) is 5.67. The lowest BCUT2D eigenvalue weighted by Crippen LogP contribution is -2.11. The number of benzene rings is 3. The number of halogens is 2. The number of hydrogen-bond donors (Lipinski definition) is 3. The quantitative estimate of drug-likeness (QED) is 0.328. The molecule has 3 aromatic carbocycles. The van der Waals surface area contributed by atoms with Crippen LogP contribution in [0.4, 0.5) is 17.3 Å². The van der Waals surface area contributed by atoms with Crippen molar-refractivity contribution in [2.45, 2.75) is 0 Å². The zero-order valence-electron chi connectivity index (χ0n) is 16.2. The third-order valence-electron chi connectivity index (χ3n) is 4.70. The molecule has 4 rings (SSSR count). The van der Waals surface area contributed by atoms with Crippen LogP contribution < -0.4 is 10.6 Å². The normalized spacial score (nSPS) is 10.8. The molecule has 9 heteroatoms. The van der Waals surface area contributed by atoms with Gasteiger partial charge in [-0.25, -0.2) is 9.78 Å². The standard InChI is InChI=1S/C22H16BrClN4O3/c1-28-19-9-3-12(20(29)25-15-6-4-14(23)5-7-15)10-18(19)27-22(28)26-17-11-13(21(30)31)2-8-16(17)24/h2-11H,1H3,(H,25,29)(H,26,27)(H,30,31). The number of nitrogens with zero attached hydrogens (tertiary/aromatic N) is 2. The molecule has 0 unspecified atom stereocenters. The van der Waals surface area contributed by atoms with Crippen molar-refractivity contribution in [1.82, 2.24) is 9.55 Å². The summed E-state index contributed by atoms with van der Waals surface area (Å²) < 4.78 is 2.73. The number of fused-ring (bicyclic) bond motifs is 1. The number of carbonyl (C=O) groups excluding carboxylic acids is 1. The van der Waals surface area contributed by atoms with Crippen molar-refractivity contribution in [2.24, 2.45) is 7.05 Å². The number of imidazole rings is 1.